The number of methoxy groups -OCH3 is 1. The quantitative estimate of drug-likeness (QED) is 0.626. The van der Waals surface area contributed by atoms with Crippen molar-refractivity contribution in [1.29, 1.82) is 0 Å². The number of fused-ring (bicyclic) bond motifs is 2. The second kappa shape index (κ2) is 7.18. The van der Waals surface area contributed by atoms with Crippen LogP contribution in [0.2, 0.25) is 0 Å². The minimum atomic E-state index is -3.76. The summed E-state index contributed by atoms with van der Waals surface area (Å²) in [6, 6.07) is 9.54. The van der Waals surface area contributed by atoms with Crippen LogP contribution >= 0.6 is 0 Å². The van der Waals surface area contributed by atoms with Crippen LogP contribution in [0.3, 0.4) is 0 Å². The summed E-state index contributed by atoms with van der Waals surface area (Å²) >= 11 is 0. The van der Waals surface area contributed by atoms with Crippen LogP contribution in [0.5, 0.6) is 0 Å². The van der Waals surface area contributed by atoms with Crippen molar-refractivity contribution in [1.82, 2.24) is 24.0 Å². The molecule has 10 heteroatoms. The van der Waals surface area contributed by atoms with Gasteiger partial charge in [0.05, 0.1) is 37.1 Å². The first-order valence-electron chi connectivity index (χ1n) is 10.3. The summed E-state index contributed by atoms with van der Waals surface area (Å²) in [5.41, 5.74) is 1.44. The number of amides is 1. The Bertz CT molecular complexity index is 1220. The Hall–Kier alpha value is -2.69. The van der Waals surface area contributed by atoms with Crippen molar-refractivity contribution in [3.05, 3.63) is 47.9 Å². The number of ether oxygens (including phenoxy) is 1. The Morgan fingerprint density at radius 3 is 2.77 bits per heavy atom. The maximum Gasteiger partial charge on any atom is 0.270 e. The minimum Gasteiger partial charge on any atom is -0.383 e. The second-order valence-corrected chi connectivity index (χ2v) is 10.2. The van der Waals surface area contributed by atoms with Gasteiger partial charge in [0.2, 0.25) is 10.0 Å². The maximum atomic E-state index is 13.4. The zero-order valence-corrected chi connectivity index (χ0v) is 18.4. The monoisotopic (exact) mass is 443 g/mol. The first-order chi connectivity index (χ1) is 14.9. The summed E-state index contributed by atoms with van der Waals surface area (Å²) in [6.07, 6.45) is 2.94. The second-order valence-electron chi connectivity index (χ2n) is 8.31. The van der Waals surface area contributed by atoms with Crippen molar-refractivity contribution in [2.45, 2.75) is 36.4 Å². The average Bonchev–Trinajstić information content (AvgIpc) is 3.23. The van der Waals surface area contributed by atoms with Gasteiger partial charge >= 0.3 is 0 Å². The first-order valence-corrected chi connectivity index (χ1v) is 11.7. The Morgan fingerprint density at radius 2 is 2.06 bits per heavy atom. The summed E-state index contributed by atoms with van der Waals surface area (Å²) in [7, 11) is -0.586. The number of carbonyl (C=O) groups excluding carboxylic acids is 1. The van der Waals surface area contributed by atoms with E-state index >= 15 is 0 Å². The number of H-pyrrole nitrogens is 1. The molecule has 31 heavy (non-hydrogen) atoms. The molecule has 2 aliphatic rings. The van der Waals surface area contributed by atoms with E-state index in [0.717, 1.165) is 23.7 Å². The number of benzene rings is 1. The normalized spacial score (nSPS) is 17.8. The average molecular weight is 444 g/mol. The third-order valence-corrected chi connectivity index (χ3v) is 8.43. The molecule has 1 fully saturated rings. The van der Waals surface area contributed by atoms with Crippen molar-refractivity contribution in [2.24, 2.45) is 0 Å². The van der Waals surface area contributed by atoms with Gasteiger partial charge in [-0.05, 0) is 25.0 Å². The molecule has 0 atom stereocenters. The Morgan fingerprint density at radius 1 is 1.29 bits per heavy atom. The van der Waals surface area contributed by atoms with Gasteiger partial charge in [-0.3, -0.25) is 9.48 Å². The lowest BCUT2D eigenvalue weighted by molar-refractivity contribution is 0.0698. The number of hydrogen-bond donors (Lipinski definition) is 1. The van der Waals surface area contributed by atoms with E-state index in [2.05, 4.69) is 10.1 Å². The molecular weight excluding hydrogens is 418 g/mol. The topological polar surface area (TPSA) is 101 Å². The molecule has 0 radical (unpaired) electrons. The molecule has 1 amide bonds. The summed E-state index contributed by atoms with van der Waals surface area (Å²) in [5.74, 6) is -0.154. The number of aromatic nitrogens is 3. The molecule has 3 aromatic rings. The van der Waals surface area contributed by atoms with E-state index in [4.69, 9.17) is 4.74 Å². The zero-order valence-electron chi connectivity index (χ0n) is 17.5. The number of carbonyl (C=O) groups is 1. The maximum absolute atomic E-state index is 13.4. The molecule has 1 aromatic carbocycles. The lowest BCUT2D eigenvalue weighted by atomic mass is 10.2. The van der Waals surface area contributed by atoms with Crippen molar-refractivity contribution in [3.8, 4) is 0 Å². The number of para-hydroxylation sites is 1. The number of rotatable bonds is 6. The highest BCUT2D eigenvalue weighted by atomic mass is 32.2. The van der Waals surface area contributed by atoms with Crippen LogP contribution in [-0.4, -0.2) is 71.1 Å². The molecule has 5 rings (SSSR count). The molecule has 1 aliphatic carbocycles. The van der Waals surface area contributed by atoms with Crippen LogP contribution < -0.4 is 0 Å². The summed E-state index contributed by atoms with van der Waals surface area (Å²) in [4.78, 5) is 18.1. The third-order valence-electron chi connectivity index (χ3n) is 6.43. The molecule has 1 aliphatic heterocycles. The molecule has 0 bridgehead atoms. The highest BCUT2D eigenvalue weighted by molar-refractivity contribution is 7.89. The van der Waals surface area contributed by atoms with E-state index in [1.807, 2.05) is 30.3 Å². The molecule has 1 saturated carbocycles. The fraction of sp³-hybridized carbons (Fsp3) is 0.429. The highest BCUT2D eigenvalue weighted by Crippen LogP contribution is 2.44. The lowest BCUT2D eigenvalue weighted by Gasteiger charge is -2.30. The van der Waals surface area contributed by atoms with Gasteiger partial charge in [0.25, 0.3) is 5.91 Å². The van der Waals surface area contributed by atoms with Gasteiger partial charge in [-0.15, -0.1) is 0 Å². The number of hydrogen-bond acceptors (Lipinski definition) is 5. The Labute approximate surface area is 180 Å². The summed E-state index contributed by atoms with van der Waals surface area (Å²) < 4.78 is 35.2. The molecule has 2 aromatic heterocycles. The van der Waals surface area contributed by atoms with Crippen molar-refractivity contribution in [2.75, 3.05) is 27.3 Å². The van der Waals surface area contributed by atoms with Gasteiger partial charge < -0.3 is 14.6 Å². The fourth-order valence-corrected chi connectivity index (χ4v) is 6.02. The molecule has 0 saturated heterocycles. The van der Waals surface area contributed by atoms with Gasteiger partial charge in [0.1, 0.15) is 10.6 Å². The number of nitrogens with one attached hydrogen (secondary N) is 1. The molecule has 0 spiro atoms. The molecule has 164 valence electrons. The summed E-state index contributed by atoms with van der Waals surface area (Å²) in [5, 5.41) is 5.25. The molecular formula is C21H25N5O4S. The van der Waals surface area contributed by atoms with Crippen LogP contribution in [-0.2, 0) is 27.8 Å². The van der Waals surface area contributed by atoms with Gasteiger partial charge in [-0.25, -0.2) is 8.42 Å². The van der Waals surface area contributed by atoms with Crippen LogP contribution in [0.25, 0.3) is 10.9 Å². The predicted molar refractivity (Wildman–Crippen MR) is 114 cm³/mol. The standard InChI is InChI=1S/C21H25N5O4S/c1-24(21(7-8-21)14-30-2)31(28,29)19-12-22-26-10-9-25(13-18(19)26)20(27)17-11-15-5-3-4-6-16(15)23-17/h3-6,11-12,23H,7-10,13-14H2,1-2H3. The molecule has 1 N–H and O–H groups in total. The van der Waals surface area contributed by atoms with E-state index < -0.39 is 15.6 Å². The van der Waals surface area contributed by atoms with Crippen molar-refractivity contribution in [3.63, 3.8) is 0 Å². The van der Waals surface area contributed by atoms with Crippen LogP contribution in [0, 0.1) is 0 Å². The SMILES string of the molecule is COCC1(N(C)S(=O)(=O)c2cnn3c2CN(C(=O)c2cc4ccccc4[nH]2)CC3)CC1. The van der Waals surface area contributed by atoms with Crippen molar-refractivity contribution < 1.29 is 17.9 Å². The predicted octanol–water partition coefficient (Wildman–Crippen LogP) is 1.82. The molecule has 3 heterocycles. The van der Waals surface area contributed by atoms with E-state index in [1.54, 1.807) is 23.7 Å². The number of aromatic amines is 1. The van der Waals surface area contributed by atoms with E-state index in [-0.39, 0.29) is 17.3 Å². The van der Waals surface area contributed by atoms with Crippen molar-refractivity contribution >= 4 is 26.8 Å². The van der Waals surface area contributed by atoms with Crippen LogP contribution in [0.4, 0.5) is 0 Å². The largest absolute Gasteiger partial charge is 0.383 e. The minimum absolute atomic E-state index is 0.154. The zero-order chi connectivity index (χ0) is 21.8. The van der Waals surface area contributed by atoms with Crippen LogP contribution in [0.15, 0.2) is 41.4 Å². The number of nitrogens with zero attached hydrogens (tertiary/aromatic N) is 4. The third kappa shape index (κ3) is 3.26. The van der Waals surface area contributed by atoms with Gasteiger partial charge in [-0.2, -0.15) is 9.40 Å². The van der Waals surface area contributed by atoms with Gasteiger partial charge in [0, 0.05) is 31.6 Å². The Kier molecular flexibility index (Phi) is 4.68. The van der Waals surface area contributed by atoms with Crippen LogP contribution in [0.1, 0.15) is 29.0 Å². The van der Waals surface area contributed by atoms with E-state index in [0.29, 0.717) is 31.1 Å². The first kappa shape index (κ1) is 20.2. The number of sulfonamides is 1. The summed E-state index contributed by atoms with van der Waals surface area (Å²) in [6.45, 7) is 1.46. The van der Waals surface area contributed by atoms with Gasteiger partial charge in [0.15, 0.2) is 0 Å². The Balaban J connectivity index is 1.43. The molecule has 9 nitrogen and oxygen atoms in total. The van der Waals surface area contributed by atoms with E-state index in [1.165, 1.54) is 10.5 Å². The fourth-order valence-electron chi connectivity index (χ4n) is 4.33. The lowest BCUT2D eigenvalue weighted by Crippen LogP contribution is -2.43. The number of likely N-dealkylation sites (N-methyl/N-ethyl adjacent to an activating group) is 1. The van der Waals surface area contributed by atoms with Gasteiger partial charge in [-0.1, -0.05) is 18.2 Å². The molecule has 0 unspecified atom stereocenters. The van der Waals surface area contributed by atoms with E-state index in [9.17, 15) is 13.2 Å². The smallest absolute Gasteiger partial charge is 0.270 e. The highest BCUT2D eigenvalue weighted by Gasteiger charge is 2.52.